The van der Waals surface area contributed by atoms with E-state index in [9.17, 15) is 9.18 Å². The molecule has 1 aromatic rings. The van der Waals surface area contributed by atoms with Crippen LogP contribution >= 0.6 is 11.6 Å². The maximum atomic E-state index is 14.9. The third-order valence-electron chi connectivity index (χ3n) is 6.92. The number of nitrogens with zero attached hydrogens (tertiary/aromatic N) is 1. The normalized spacial score (nSPS) is 21.0. The summed E-state index contributed by atoms with van der Waals surface area (Å²) in [7, 11) is 3.54. The van der Waals surface area contributed by atoms with E-state index in [0.29, 0.717) is 50.8 Å². The molecule has 0 spiro atoms. The zero-order valence-corrected chi connectivity index (χ0v) is 21.8. The first-order valence-corrected chi connectivity index (χ1v) is 13.3. The van der Waals surface area contributed by atoms with E-state index < -0.39 is 18.0 Å². The van der Waals surface area contributed by atoms with E-state index in [4.69, 9.17) is 25.8 Å². The Balaban J connectivity index is 1.66. The third-order valence-corrected chi connectivity index (χ3v) is 7.21. The van der Waals surface area contributed by atoms with Crippen molar-refractivity contribution in [2.24, 2.45) is 5.92 Å². The summed E-state index contributed by atoms with van der Waals surface area (Å²) in [5.41, 5.74) is 0.340. The van der Waals surface area contributed by atoms with Crippen molar-refractivity contribution in [3.63, 3.8) is 0 Å². The first kappa shape index (κ1) is 28.1. The Kier molecular flexibility index (Phi) is 12.0. The monoisotopic (exact) mass is 513 g/mol. The third kappa shape index (κ3) is 8.57. The van der Waals surface area contributed by atoms with Gasteiger partial charge < -0.3 is 29.7 Å². The van der Waals surface area contributed by atoms with E-state index >= 15 is 0 Å². The van der Waals surface area contributed by atoms with Crippen LogP contribution in [-0.4, -0.2) is 76.7 Å². The Morgan fingerprint density at radius 1 is 1.29 bits per heavy atom. The van der Waals surface area contributed by atoms with Gasteiger partial charge in [-0.1, -0.05) is 55.8 Å². The molecule has 35 heavy (non-hydrogen) atoms. The molecule has 1 saturated carbocycles. The molecule has 9 heteroatoms. The van der Waals surface area contributed by atoms with Crippen molar-refractivity contribution < 1.29 is 23.4 Å². The molecule has 1 saturated heterocycles. The van der Waals surface area contributed by atoms with Gasteiger partial charge in [0.15, 0.2) is 0 Å². The lowest BCUT2D eigenvalue weighted by molar-refractivity contribution is -0.108. The molecule has 2 fully saturated rings. The van der Waals surface area contributed by atoms with E-state index in [0.717, 1.165) is 13.0 Å². The van der Waals surface area contributed by atoms with Crippen molar-refractivity contribution in [1.29, 1.82) is 0 Å². The molecule has 1 heterocycles. The van der Waals surface area contributed by atoms with Crippen LogP contribution in [0.1, 0.15) is 56.6 Å². The summed E-state index contributed by atoms with van der Waals surface area (Å²) in [4.78, 5) is 15.0. The zero-order chi connectivity index (χ0) is 25.0. The topological polar surface area (TPSA) is 72.1 Å². The molecule has 1 aromatic carbocycles. The molecule has 7 nitrogen and oxygen atoms in total. The number of halogens is 2. The second kappa shape index (κ2) is 15.0. The standard InChI is InChI=1S/C26H41ClFN3O4/c1-29-17-20(16-19-8-4-3-5-9-19)30-26(32)31-12-15-34-23(18-31)25(35-14-7-13-33-2)21-10-6-11-22(27)24(21)28/h6,10-11,19-20,23,25,29H,3-5,7-9,12-18H2,1-2H3,(H,30,32). The number of hydrogen-bond donors (Lipinski definition) is 2. The van der Waals surface area contributed by atoms with Gasteiger partial charge in [0.25, 0.3) is 0 Å². The van der Waals surface area contributed by atoms with Crippen molar-refractivity contribution in [3.8, 4) is 0 Å². The number of nitrogens with one attached hydrogen (secondary N) is 2. The summed E-state index contributed by atoms with van der Waals surface area (Å²) >= 11 is 6.05. The fourth-order valence-electron chi connectivity index (χ4n) is 5.13. The van der Waals surface area contributed by atoms with Crippen LogP contribution < -0.4 is 10.6 Å². The number of amides is 2. The summed E-state index contributed by atoms with van der Waals surface area (Å²) in [5.74, 6) is 0.146. The number of urea groups is 1. The molecule has 1 aliphatic heterocycles. The van der Waals surface area contributed by atoms with Gasteiger partial charge in [-0.05, 0) is 31.9 Å². The van der Waals surface area contributed by atoms with Crippen molar-refractivity contribution in [1.82, 2.24) is 15.5 Å². The highest BCUT2D eigenvalue weighted by Crippen LogP contribution is 2.32. The SMILES string of the molecule is CNCC(CC1CCCCC1)NC(=O)N1CCOC(C(OCCCOC)c2cccc(Cl)c2F)C1. The molecule has 3 atom stereocenters. The second-order valence-electron chi connectivity index (χ2n) is 9.58. The van der Waals surface area contributed by atoms with Gasteiger partial charge >= 0.3 is 6.03 Å². The van der Waals surface area contributed by atoms with Crippen LogP contribution in [0, 0.1) is 11.7 Å². The van der Waals surface area contributed by atoms with E-state index in [1.54, 1.807) is 24.1 Å². The van der Waals surface area contributed by atoms with Crippen LogP contribution in [0.3, 0.4) is 0 Å². The van der Waals surface area contributed by atoms with Crippen molar-refractivity contribution in [3.05, 3.63) is 34.6 Å². The molecule has 1 aliphatic carbocycles. The maximum Gasteiger partial charge on any atom is 0.317 e. The first-order valence-electron chi connectivity index (χ1n) is 12.9. The number of likely N-dealkylation sites (N-methyl/N-ethyl adjacent to an activating group) is 1. The lowest BCUT2D eigenvalue weighted by Gasteiger charge is -2.38. The fraction of sp³-hybridized carbons (Fsp3) is 0.731. The number of carbonyl (C=O) groups is 1. The van der Waals surface area contributed by atoms with Crippen LogP contribution in [-0.2, 0) is 14.2 Å². The Labute approximate surface area is 214 Å². The van der Waals surface area contributed by atoms with Gasteiger partial charge in [0.05, 0.1) is 18.2 Å². The second-order valence-corrected chi connectivity index (χ2v) is 9.99. The van der Waals surface area contributed by atoms with Crippen molar-refractivity contribution in [2.45, 2.75) is 63.2 Å². The van der Waals surface area contributed by atoms with Gasteiger partial charge in [-0.3, -0.25) is 0 Å². The molecule has 3 unspecified atom stereocenters. The highest BCUT2D eigenvalue weighted by Gasteiger charge is 2.34. The van der Waals surface area contributed by atoms with Crippen molar-refractivity contribution >= 4 is 17.6 Å². The minimum Gasteiger partial charge on any atom is -0.385 e. The average molecular weight is 514 g/mol. The summed E-state index contributed by atoms with van der Waals surface area (Å²) < 4.78 is 32.1. The largest absolute Gasteiger partial charge is 0.385 e. The molecule has 2 amide bonds. The smallest absolute Gasteiger partial charge is 0.317 e. The van der Waals surface area contributed by atoms with Gasteiger partial charge in [-0.2, -0.15) is 0 Å². The summed E-state index contributed by atoms with van der Waals surface area (Å²) in [6.07, 6.45) is 6.81. The van der Waals surface area contributed by atoms with Crippen LogP contribution in [0.5, 0.6) is 0 Å². The summed E-state index contributed by atoms with van der Waals surface area (Å²) in [6.45, 7) is 2.79. The zero-order valence-electron chi connectivity index (χ0n) is 21.1. The Morgan fingerprint density at radius 2 is 2.09 bits per heavy atom. The predicted octanol–water partition coefficient (Wildman–Crippen LogP) is 4.54. The maximum absolute atomic E-state index is 14.9. The van der Waals surface area contributed by atoms with Gasteiger partial charge in [0.1, 0.15) is 18.0 Å². The number of rotatable bonds is 12. The number of benzene rings is 1. The van der Waals surface area contributed by atoms with E-state index in [-0.39, 0.29) is 17.1 Å². The average Bonchev–Trinajstić information content (AvgIpc) is 2.87. The number of methoxy groups -OCH3 is 1. The molecular weight excluding hydrogens is 473 g/mol. The molecule has 3 rings (SSSR count). The number of ether oxygens (including phenoxy) is 3. The van der Waals surface area contributed by atoms with Gasteiger partial charge in [-0.25, -0.2) is 9.18 Å². The quantitative estimate of drug-likeness (QED) is 0.401. The number of hydrogen-bond acceptors (Lipinski definition) is 5. The molecule has 0 radical (unpaired) electrons. The first-order chi connectivity index (χ1) is 17.0. The summed E-state index contributed by atoms with van der Waals surface area (Å²) in [6, 6.07) is 4.84. The molecule has 2 N–H and O–H groups in total. The Morgan fingerprint density at radius 3 is 2.83 bits per heavy atom. The molecule has 198 valence electrons. The minimum absolute atomic E-state index is 0.0380. The lowest BCUT2D eigenvalue weighted by atomic mass is 9.85. The van der Waals surface area contributed by atoms with E-state index in [2.05, 4.69) is 10.6 Å². The Bertz CT molecular complexity index is 781. The van der Waals surface area contributed by atoms with Gasteiger partial charge in [0, 0.05) is 45.0 Å². The summed E-state index contributed by atoms with van der Waals surface area (Å²) in [5, 5.41) is 6.49. The van der Waals surface area contributed by atoms with E-state index in [1.807, 2.05) is 7.05 Å². The minimum atomic E-state index is -0.684. The van der Waals surface area contributed by atoms with Crippen LogP contribution in [0.2, 0.25) is 5.02 Å². The number of carbonyl (C=O) groups excluding carboxylic acids is 1. The fourth-order valence-corrected chi connectivity index (χ4v) is 5.31. The molecule has 0 aromatic heterocycles. The van der Waals surface area contributed by atoms with E-state index in [1.165, 1.54) is 38.2 Å². The van der Waals surface area contributed by atoms with Gasteiger partial charge in [-0.15, -0.1) is 0 Å². The van der Waals surface area contributed by atoms with Gasteiger partial charge in [0.2, 0.25) is 0 Å². The van der Waals surface area contributed by atoms with Crippen LogP contribution in [0.4, 0.5) is 9.18 Å². The van der Waals surface area contributed by atoms with Crippen LogP contribution in [0.25, 0.3) is 0 Å². The molecule has 2 aliphatic rings. The Hall–Kier alpha value is -1.45. The number of morpholine rings is 1. The van der Waals surface area contributed by atoms with Crippen LogP contribution in [0.15, 0.2) is 18.2 Å². The lowest BCUT2D eigenvalue weighted by Crippen LogP contribution is -2.54. The molecular formula is C26H41ClFN3O4. The molecule has 0 bridgehead atoms. The predicted molar refractivity (Wildman–Crippen MR) is 135 cm³/mol. The highest BCUT2D eigenvalue weighted by molar-refractivity contribution is 6.30. The van der Waals surface area contributed by atoms with Crippen molar-refractivity contribution in [2.75, 3.05) is 53.6 Å². The highest BCUT2D eigenvalue weighted by atomic mass is 35.5.